The van der Waals surface area contributed by atoms with Crippen LogP contribution < -0.4 is 4.68 Å². The first kappa shape index (κ1) is 8.27. The Morgan fingerprint density at radius 1 is 1.55 bits per heavy atom. The molecule has 11 heavy (non-hydrogen) atoms. The lowest BCUT2D eigenvalue weighted by atomic mass is 10.4. The average molecular weight is 155 g/mol. The number of aryl methyl sites for hydroxylation is 2. The van der Waals surface area contributed by atoms with Gasteiger partial charge in [0.15, 0.2) is 12.7 Å². The van der Waals surface area contributed by atoms with E-state index in [9.17, 15) is 0 Å². The SMILES string of the molecule is COCCC[n+]1cccn1C. The van der Waals surface area contributed by atoms with Crippen molar-refractivity contribution in [3.05, 3.63) is 18.5 Å². The van der Waals surface area contributed by atoms with Crippen LogP contribution in [0.25, 0.3) is 0 Å². The van der Waals surface area contributed by atoms with Crippen LogP contribution >= 0.6 is 0 Å². The minimum atomic E-state index is 0.832. The van der Waals surface area contributed by atoms with E-state index in [1.807, 2.05) is 19.3 Å². The van der Waals surface area contributed by atoms with Gasteiger partial charge in [0.25, 0.3) is 0 Å². The van der Waals surface area contributed by atoms with Gasteiger partial charge in [-0.2, -0.15) is 4.68 Å². The molecule has 1 aromatic rings. The molecular weight excluding hydrogens is 140 g/mol. The number of rotatable bonds is 4. The summed E-state index contributed by atoms with van der Waals surface area (Å²) >= 11 is 0. The summed E-state index contributed by atoms with van der Waals surface area (Å²) in [7, 11) is 3.77. The fourth-order valence-electron chi connectivity index (χ4n) is 1.06. The maximum atomic E-state index is 4.96. The van der Waals surface area contributed by atoms with Gasteiger partial charge in [0.2, 0.25) is 0 Å². The molecule has 3 nitrogen and oxygen atoms in total. The Balaban J connectivity index is 2.32. The summed E-state index contributed by atoms with van der Waals surface area (Å²) in [6, 6.07) is 2.03. The number of hydrogen-bond acceptors (Lipinski definition) is 1. The summed E-state index contributed by atoms with van der Waals surface area (Å²) in [4.78, 5) is 0. The summed E-state index contributed by atoms with van der Waals surface area (Å²) in [6.45, 7) is 1.86. The lowest BCUT2D eigenvalue weighted by Gasteiger charge is -1.96. The third-order valence-corrected chi connectivity index (χ3v) is 1.70. The molecule has 0 aromatic carbocycles. The molecule has 1 rings (SSSR count). The molecule has 0 aliphatic heterocycles. The van der Waals surface area contributed by atoms with Gasteiger partial charge in [-0.15, -0.1) is 4.68 Å². The topological polar surface area (TPSA) is 18.0 Å². The van der Waals surface area contributed by atoms with Crippen molar-refractivity contribution >= 4 is 0 Å². The molecule has 0 bridgehead atoms. The number of hydrogen-bond donors (Lipinski definition) is 0. The second kappa shape index (κ2) is 4.13. The van der Waals surface area contributed by atoms with Crippen LogP contribution in [-0.4, -0.2) is 18.4 Å². The van der Waals surface area contributed by atoms with Crippen LogP contribution in [0.3, 0.4) is 0 Å². The average Bonchev–Trinajstić information content (AvgIpc) is 2.37. The monoisotopic (exact) mass is 155 g/mol. The van der Waals surface area contributed by atoms with Crippen molar-refractivity contribution in [3.8, 4) is 0 Å². The van der Waals surface area contributed by atoms with Crippen LogP contribution in [0.4, 0.5) is 0 Å². The van der Waals surface area contributed by atoms with Crippen LogP contribution in [0.5, 0.6) is 0 Å². The highest BCUT2D eigenvalue weighted by Gasteiger charge is 2.01. The lowest BCUT2D eigenvalue weighted by Crippen LogP contribution is -2.41. The molecule has 0 N–H and O–H groups in total. The Hall–Kier alpha value is -0.830. The Kier molecular flexibility index (Phi) is 3.11. The Morgan fingerprint density at radius 3 is 2.91 bits per heavy atom. The molecule has 0 spiro atoms. The second-order valence-electron chi connectivity index (χ2n) is 2.57. The van der Waals surface area contributed by atoms with E-state index in [0.29, 0.717) is 0 Å². The molecule has 0 fully saturated rings. The maximum Gasteiger partial charge on any atom is 0.195 e. The van der Waals surface area contributed by atoms with Crippen molar-refractivity contribution in [1.29, 1.82) is 0 Å². The van der Waals surface area contributed by atoms with Gasteiger partial charge in [-0.3, -0.25) is 0 Å². The molecule has 0 atom stereocenters. The van der Waals surface area contributed by atoms with Crippen molar-refractivity contribution in [2.24, 2.45) is 7.05 Å². The van der Waals surface area contributed by atoms with Gasteiger partial charge in [-0.05, 0) is 0 Å². The standard InChI is InChI=1S/C8H15N2O/c1-9-5-3-6-10(9)7-4-8-11-2/h3,5-6H,4,7-8H2,1-2H3/q+1. The van der Waals surface area contributed by atoms with E-state index in [1.165, 1.54) is 0 Å². The summed E-state index contributed by atoms with van der Waals surface area (Å²) in [6.07, 6.45) is 5.17. The fourth-order valence-corrected chi connectivity index (χ4v) is 1.06. The van der Waals surface area contributed by atoms with Gasteiger partial charge in [0.1, 0.15) is 0 Å². The highest BCUT2D eigenvalue weighted by molar-refractivity contribution is 4.69. The third kappa shape index (κ3) is 2.35. The molecule has 0 aliphatic rings. The van der Waals surface area contributed by atoms with Crippen LogP contribution in [-0.2, 0) is 18.3 Å². The predicted molar refractivity (Wildman–Crippen MR) is 42.1 cm³/mol. The molecule has 1 aromatic heterocycles. The Labute approximate surface area is 67.2 Å². The zero-order valence-electron chi connectivity index (χ0n) is 7.16. The first-order chi connectivity index (χ1) is 5.34. The van der Waals surface area contributed by atoms with E-state index in [4.69, 9.17) is 4.74 Å². The maximum absolute atomic E-state index is 4.96. The fraction of sp³-hybridized carbons (Fsp3) is 0.625. The molecule has 0 aliphatic carbocycles. The van der Waals surface area contributed by atoms with E-state index in [2.05, 4.69) is 15.6 Å². The molecule has 1 heterocycles. The molecule has 0 unspecified atom stereocenters. The van der Waals surface area contributed by atoms with E-state index in [-0.39, 0.29) is 0 Å². The Bertz CT molecular complexity index is 208. The molecule has 0 saturated carbocycles. The van der Waals surface area contributed by atoms with Crippen LogP contribution in [0.15, 0.2) is 18.5 Å². The second-order valence-corrected chi connectivity index (χ2v) is 2.57. The quantitative estimate of drug-likeness (QED) is 0.453. The summed E-state index contributed by atoms with van der Waals surface area (Å²) in [5.41, 5.74) is 0. The molecule has 62 valence electrons. The normalized spacial score (nSPS) is 10.4. The zero-order chi connectivity index (χ0) is 8.10. The van der Waals surface area contributed by atoms with E-state index in [0.717, 1.165) is 19.6 Å². The van der Waals surface area contributed by atoms with Crippen molar-refractivity contribution in [2.75, 3.05) is 13.7 Å². The van der Waals surface area contributed by atoms with E-state index < -0.39 is 0 Å². The number of methoxy groups -OCH3 is 1. The molecule has 0 saturated heterocycles. The summed E-state index contributed by atoms with van der Waals surface area (Å²) in [5, 5.41) is 0. The molecule has 0 amide bonds. The number of nitrogens with zero attached hydrogens (tertiary/aromatic N) is 2. The smallest absolute Gasteiger partial charge is 0.195 e. The molecule has 0 radical (unpaired) electrons. The number of ether oxygens (including phenoxy) is 1. The molecule has 3 heteroatoms. The lowest BCUT2D eigenvalue weighted by molar-refractivity contribution is -0.773. The highest BCUT2D eigenvalue weighted by atomic mass is 16.5. The summed E-state index contributed by atoms with van der Waals surface area (Å²) in [5.74, 6) is 0. The van der Waals surface area contributed by atoms with Crippen LogP contribution in [0, 0.1) is 0 Å². The minimum absolute atomic E-state index is 0.832. The molecular formula is C8H15N2O+. The van der Waals surface area contributed by atoms with Gasteiger partial charge in [0, 0.05) is 19.6 Å². The minimum Gasteiger partial charge on any atom is -0.384 e. The highest BCUT2D eigenvalue weighted by Crippen LogP contribution is 1.82. The van der Waals surface area contributed by atoms with Gasteiger partial charge in [-0.25, -0.2) is 0 Å². The van der Waals surface area contributed by atoms with Crippen LogP contribution in [0.2, 0.25) is 0 Å². The first-order valence-corrected chi connectivity index (χ1v) is 3.84. The van der Waals surface area contributed by atoms with Crippen molar-refractivity contribution in [2.45, 2.75) is 13.0 Å². The van der Waals surface area contributed by atoms with Crippen molar-refractivity contribution in [3.63, 3.8) is 0 Å². The van der Waals surface area contributed by atoms with Crippen molar-refractivity contribution < 1.29 is 9.42 Å². The van der Waals surface area contributed by atoms with Gasteiger partial charge >= 0.3 is 0 Å². The van der Waals surface area contributed by atoms with Gasteiger partial charge < -0.3 is 4.74 Å². The predicted octanol–water partition coefficient (Wildman–Crippen LogP) is 0.349. The van der Waals surface area contributed by atoms with Gasteiger partial charge in [0.05, 0.1) is 19.9 Å². The van der Waals surface area contributed by atoms with E-state index in [1.54, 1.807) is 7.11 Å². The zero-order valence-corrected chi connectivity index (χ0v) is 7.16. The first-order valence-electron chi connectivity index (χ1n) is 3.84. The van der Waals surface area contributed by atoms with Crippen molar-refractivity contribution in [1.82, 2.24) is 4.68 Å². The van der Waals surface area contributed by atoms with Gasteiger partial charge in [-0.1, -0.05) is 0 Å². The van der Waals surface area contributed by atoms with Crippen LogP contribution in [0.1, 0.15) is 6.42 Å². The Morgan fingerprint density at radius 2 is 2.36 bits per heavy atom. The summed E-state index contributed by atoms with van der Waals surface area (Å²) < 4.78 is 9.17. The number of aromatic nitrogens is 2. The third-order valence-electron chi connectivity index (χ3n) is 1.70. The van der Waals surface area contributed by atoms with E-state index >= 15 is 0 Å². The largest absolute Gasteiger partial charge is 0.384 e.